The monoisotopic (exact) mass is 342 g/mol. The van der Waals surface area contributed by atoms with Crippen LogP contribution in [0.4, 0.5) is 5.69 Å². The van der Waals surface area contributed by atoms with Gasteiger partial charge in [0.1, 0.15) is 11.4 Å². The van der Waals surface area contributed by atoms with Crippen LogP contribution in [0, 0.1) is 0 Å². The molecule has 0 saturated heterocycles. The van der Waals surface area contributed by atoms with Gasteiger partial charge in [-0.3, -0.25) is 0 Å². The van der Waals surface area contributed by atoms with Crippen molar-refractivity contribution in [3.8, 4) is 5.75 Å². The van der Waals surface area contributed by atoms with Crippen molar-refractivity contribution in [1.29, 1.82) is 0 Å². The quantitative estimate of drug-likeness (QED) is 0.548. The van der Waals surface area contributed by atoms with E-state index in [-0.39, 0.29) is 0 Å². The third-order valence-corrected chi connectivity index (χ3v) is 4.10. The average Bonchev–Trinajstić information content (AvgIpc) is 3.05. The first-order valence-corrected chi connectivity index (χ1v) is 8.67. The second-order valence-corrected chi connectivity index (χ2v) is 6.16. The SMILES string of the molecule is CCOc1ccc(NC2=CC(N)(CCCCN)Nn3ccnc32)cc1. The van der Waals surface area contributed by atoms with Gasteiger partial charge < -0.3 is 26.9 Å². The Balaban J connectivity index is 1.80. The topological polar surface area (TPSA) is 103 Å². The lowest BCUT2D eigenvalue weighted by Gasteiger charge is -2.34. The summed E-state index contributed by atoms with van der Waals surface area (Å²) in [5, 5.41) is 3.42. The largest absolute Gasteiger partial charge is 0.494 e. The van der Waals surface area contributed by atoms with Crippen molar-refractivity contribution in [2.45, 2.75) is 31.8 Å². The molecule has 0 fully saturated rings. The fraction of sp³-hybridized carbons (Fsp3) is 0.389. The van der Waals surface area contributed by atoms with E-state index in [1.165, 1.54) is 0 Å². The molecule has 2 aromatic rings. The summed E-state index contributed by atoms with van der Waals surface area (Å²) < 4.78 is 7.34. The van der Waals surface area contributed by atoms with Gasteiger partial charge in [0.25, 0.3) is 0 Å². The van der Waals surface area contributed by atoms with E-state index >= 15 is 0 Å². The van der Waals surface area contributed by atoms with Crippen molar-refractivity contribution in [2.75, 3.05) is 23.9 Å². The lowest BCUT2D eigenvalue weighted by molar-refractivity contribution is 0.340. The maximum atomic E-state index is 6.54. The van der Waals surface area contributed by atoms with Gasteiger partial charge in [0.2, 0.25) is 0 Å². The highest BCUT2D eigenvalue weighted by Crippen LogP contribution is 2.26. The number of fused-ring (bicyclic) bond motifs is 1. The molecule has 25 heavy (non-hydrogen) atoms. The Kier molecular flexibility index (Phi) is 5.25. The van der Waals surface area contributed by atoms with Gasteiger partial charge in [0.05, 0.1) is 12.3 Å². The zero-order valence-electron chi connectivity index (χ0n) is 14.5. The molecule has 7 nitrogen and oxygen atoms in total. The molecule has 134 valence electrons. The van der Waals surface area contributed by atoms with Crippen molar-refractivity contribution in [2.24, 2.45) is 11.5 Å². The van der Waals surface area contributed by atoms with Crippen molar-refractivity contribution < 1.29 is 4.74 Å². The Morgan fingerprint density at radius 2 is 2.08 bits per heavy atom. The van der Waals surface area contributed by atoms with Gasteiger partial charge in [-0.15, -0.1) is 0 Å². The first-order chi connectivity index (χ1) is 12.1. The summed E-state index contributed by atoms with van der Waals surface area (Å²) in [4.78, 5) is 4.41. The van der Waals surface area contributed by atoms with Gasteiger partial charge in [0, 0.05) is 18.1 Å². The summed E-state index contributed by atoms with van der Waals surface area (Å²) in [5.41, 5.74) is 16.6. The van der Waals surface area contributed by atoms with Crippen LogP contribution in [0.3, 0.4) is 0 Å². The number of aromatic nitrogens is 2. The second-order valence-electron chi connectivity index (χ2n) is 6.16. The molecule has 0 amide bonds. The van der Waals surface area contributed by atoms with Gasteiger partial charge in [-0.05, 0) is 63.1 Å². The summed E-state index contributed by atoms with van der Waals surface area (Å²) >= 11 is 0. The van der Waals surface area contributed by atoms with Crippen molar-refractivity contribution in [1.82, 2.24) is 9.66 Å². The van der Waals surface area contributed by atoms with E-state index in [1.807, 2.05) is 48.1 Å². The number of hydrogen-bond donors (Lipinski definition) is 4. The predicted octanol–water partition coefficient (Wildman–Crippen LogP) is 2.08. The molecule has 0 aliphatic carbocycles. The lowest BCUT2D eigenvalue weighted by atomic mass is 10.0. The maximum Gasteiger partial charge on any atom is 0.174 e. The zero-order chi connectivity index (χ0) is 17.7. The number of imidazole rings is 1. The lowest BCUT2D eigenvalue weighted by Crippen LogP contribution is -2.52. The van der Waals surface area contributed by atoms with Crippen LogP contribution in [0.5, 0.6) is 5.75 Å². The van der Waals surface area contributed by atoms with Crippen LogP contribution in [0.25, 0.3) is 5.70 Å². The number of nitrogens with one attached hydrogen (secondary N) is 2. The van der Waals surface area contributed by atoms with Gasteiger partial charge in [0.15, 0.2) is 5.82 Å². The standard InChI is InChI=1S/C18H26N6O/c1-2-25-15-7-5-14(6-8-15)22-16-13-18(20,9-3-4-10-19)23-24-12-11-21-17(16)24/h5-8,11-13,22-23H,2-4,9-10,19-20H2,1H3. The van der Waals surface area contributed by atoms with Crippen molar-refractivity contribution in [3.05, 3.63) is 48.6 Å². The molecule has 1 aliphatic rings. The number of rotatable bonds is 8. The number of benzene rings is 1. The molecular weight excluding hydrogens is 316 g/mol. The van der Waals surface area contributed by atoms with Gasteiger partial charge >= 0.3 is 0 Å². The number of unbranched alkanes of at least 4 members (excludes halogenated alkanes) is 1. The normalized spacial score (nSPS) is 18.9. The van der Waals surface area contributed by atoms with Crippen LogP contribution in [0.1, 0.15) is 32.0 Å². The molecule has 0 radical (unpaired) electrons. The molecule has 3 rings (SSSR count). The van der Waals surface area contributed by atoms with Crippen LogP contribution < -0.4 is 26.9 Å². The van der Waals surface area contributed by atoms with E-state index in [4.69, 9.17) is 16.2 Å². The van der Waals surface area contributed by atoms with E-state index in [9.17, 15) is 0 Å². The molecule has 1 unspecified atom stereocenters. The van der Waals surface area contributed by atoms with Crippen LogP contribution in [0.15, 0.2) is 42.7 Å². The highest BCUT2D eigenvalue weighted by Gasteiger charge is 2.29. The van der Waals surface area contributed by atoms with Gasteiger partial charge in [-0.1, -0.05) is 0 Å². The molecule has 7 heteroatoms. The van der Waals surface area contributed by atoms with Crippen molar-refractivity contribution in [3.63, 3.8) is 0 Å². The molecule has 0 saturated carbocycles. The first-order valence-electron chi connectivity index (χ1n) is 8.67. The third kappa shape index (κ3) is 4.12. The van der Waals surface area contributed by atoms with E-state index in [2.05, 4.69) is 15.7 Å². The molecule has 1 aromatic carbocycles. The Hall–Kier alpha value is -2.51. The molecule has 1 aromatic heterocycles. The van der Waals surface area contributed by atoms with Crippen LogP contribution in [-0.2, 0) is 0 Å². The van der Waals surface area contributed by atoms with Crippen molar-refractivity contribution >= 4 is 11.4 Å². The van der Waals surface area contributed by atoms with Crippen LogP contribution in [-0.4, -0.2) is 28.5 Å². The number of nitrogens with two attached hydrogens (primary N) is 2. The van der Waals surface area contributed by atoms with E-state index in [1.54, 1.807) is 6.20 Å². The molecule has 1 atom stereocenters. The summed E-state index contributed by atoms with van der Waals surface area (Å²) in [6.45, 7) is 3.30. The number of hydrogen-bond acceptors (Lipinski definition) is 6. The summed E-state index contributed by atoms with van der Waals surface area (Å²) in [6.07, 6.45) is 8.32. The highest BCUT2D eigenvalue weighted by atomic mass is 16.5. The molecule has 6 N–H and O–H groups in total. The number of anilines is 1. The average molecular weight is 342 g/mol. The Morgan fingerprint density at radius 3 is 2.80 bits per heavy atom. The summed E-state index contributed by atoms with van der Waals surface area (Å²) in [7, 11) is 0. The first kappa shape index (κ1) is 17.3. The van der Waals surface area contributed by atoms with Crippen LogP contribution >= 0.6 is 0 Å². The number of ether oxygens (including phenoxy) is 1. The van der Waals surface area contributed by atoms with Gasteiger partial charge in [-0.2, -0.15) is 0 Å². The molecule has 0 spiro atoms. The smallest absolute Gasteiger partial charge is 0.174 e. The Morgan fingerprint density at radius 1 is 1.28 bits per heavy atom. The number of nitrogens with zero attached hydrogens (tertiary/aromatic N) is 2. The predicted molar refractivity (Wildman–Crippen MR) is 101 cm³/mol. The fourth-order valence-corrected chi connectivity index (χ4v) is 2.91. The minimum atomic E-state index is -0.642. The summed E-state index contributed by atoms with van der Waals surface area (Å²) in [6, 6.07) is 7.84. The van der Waals surface area contributed by atoms with E-state index in [0.29, 0.717) is 13.2 Å². The third-order valence-electron chi connectivity index (χ3n) is 4.10. The van der Waals surface area contributed by atoms with E-state index < -0.39 is 5.66 Å². The van der Waals surface area contributed by atoms with E-state index in [0.717, 1.165) is 42.2 Å². The second kappa shape index (κ2) is 7.58. The Bertz CT molecular complexity index is 723. The zero-order valence-corrected chi connectivity index (χ0v) is 14.5. The molecule has 1 aliphatic heterocycles. The minimum absolute atomic E-state index is 0.642. The van der Waals surface area contributed by atoms with Gasteiger partial charge in [-0.25, -0.2) is 9.66 Å². The molecule has 2 heterocycles. The molecular formula is C18H26N6O. The molecule has 0 bridgehead atoms. The minimum Gasteiger partial charge on any atom is -0.494 e. The fourth-order valence-electron chi connectivity index (χ4n) is 2.91. The summed E-state index contributed by atoms with van der Waals surface area (Å²) in [5.74, 6) is 1.65. The Labute approximate surface area is 148 Å². The van der Waals surface area contributed by atoms with Crippen LogP contribution in [0.2, 0.25) is 0 Å². The highest BCUT2D eigenvalue weighted by molar-refractivity contribution is 5.76. The maximum absolute atomic E-state index is 6.54.